The van der Waals surface area contributed by atoms with E-state index in [0.717, 1.165) is 29.1 Å². The van der Waals surface area contributed by atoms with Crippen LogP contribution in [-0.2, 0) is 6.54 Å². The number of thiazole rings is 1. The third-order valence-electron chi connectivity index (χ3n) is 4.38. The zero-order valence-electron chi connectivity index (χ0n) is 15.6. The second kappa shape index (κ2) is 8.06. The second-order valence-corrected chi connectivity index (χ2v) is 7.62. The first-order chi connectivity index (χ1) is 14.7. The molecule has 11 heteroatoms. The fraction of sp³-hybridized carbons (Fsp3) is 0.150. The van der Waals surface area contributed by atoms with Crippen molar-refractivity contribution in [1.29, 1.82) is 0 Å². The van der Waals surface area contributed by atoms with Crippen LogP contribution >= 0.6 is 11.3 Å². The molecule has 4 rings (SSSR count). The smallest absolute Gasteiger partial charge is 0.325 e. The zero-order valence-corrected chi connectivity index (χ0v) is 16.4. The van der Waals surface area contributed by atoms with Crippen LogP contribution in [0.3, 0.4) is 0 Å². The Morgan fingerprint density at radius 2 is 1.77 bits per heavy atom. The molecule has 0 spiro atoms. The van der Waals surface area contributed by atoms with E-state index in [0.29, 0.717) is 15.5 Å². The van der Waals surface area contributed by atoms with E-state index in [1.807, 2.05) is 12.1 Å². The lowest BCUT2D eigenvalue weighted by molar-refractivity contribution is -0.141. The van der Waals surface area contributed by atoms with E-state index in [2.05, 4.69) is 10.1 Å². The van der Waals surface area contributed by atoms with E-state index in [4.69, 9.17) is 0 Å². The van der Waals surface area contributed by atoms with Crippen molar-refractivity contribution in [2.45, 2.75) is 12.7 Å². The van der Waals surface area contributed by atoms with Gasteiger partial charge in [-0.25, -0.2) is 18.4 Å². The van der Waals surface area contributed by atoms with Crippen molar-refractivity contribution in [3.8, 4) is 5.13 Å². The molecular formula is C20H13F5N4OS. The number of fused-ring (bicyclic) bond motifs is 1. The van der Waals surface area contributed by atoms with Gasteiger partial charge in [-0.1, -0.05) is 29.5 Å². The number of alkyl halides is 3. The van der Waals surface area contributed by atoms with Gasteiger partial charge in [0.05, 0.1) is 28.5 Å². The van der Waals surface area contributed by atoms with E-state index in [-0.39, 0.29) is 5.56 Å². The van der Waals surface area contributed by atoms with Crippen molar-refractivity contribution in [2.75, 3.05) is 6.54 Å². The van der Waals surface area contributed by atoms with Crippen LogP contribution in [0.1, 0.15) is 15.9 Å². The normalized spacial score (nSPS) is 11.8. The molecule has 1 amide bonds. The lowest BCUT2D eigenvalue weighted by Gasteiger charge is -2.24. The number of halogens is 5. The Morgan fingerprint density at radius 3 is 2.45 bits per heavy atom. The number of carbonyl (C=O) groups excluding carboxylic acids is 1. The highest BCUT2D eigenvalue weighted by Crippen LogP contribution is 2.25. The van der Waals surface area contributed by atoms with Gasteiger partial charge >= 0.3 is 6.18 Å². The molecular weight excluding hydrogens is 439 g/mol. The monoisotopic (exact) mass is 452 g/mol. The number of amides is 1. The van der Waals surface area contributed by atoms with Crippen LogP contribution in [0.15, 0.2) is 54.9 Å². The summed E-state index contributed by atoms with van der Waals surface area (Å²) in [5.41, 5.74) is -0.0847. The van der Waals surface area contributed by atoms with E-state index in [1.54, 1.807) is 12.1 Å². The summed E-state index contributed by atoms with van der Waals surface area (Å²) in [5.74, 6) is -3.14. The zero-order chi connectivity index (χ0) is 22.2. The van der Waals surface area contributed by atoms with E-state index >= 15 is 0 Å². The van der Waals surface area contributed by atoms with Crippen molar-refractivity contribution >= 4 is 27.5 Å². The molecule has 5 nitrogen and oxygen atoms in total. The maximum Gasteiger partial charge on any atom is 0.406 e. The minimum Gasteiger partial charge on any atom is -0.325 e. The molecule has 0 atom stereocenters. The van der Waals surface area contributed by atoms with Crippen LogP contribution in [0.4, 0.5) is 22.0 Å². The van der Waals surface area contributed by atoms with E-state index in [9.17, 15) is 26.7 Å². The van der Waals surface area contributed by atoms with Crippen LogP contribution in [0.5, 0.6) is 0 Å². The Bertz CT molecular complexity index is 1200. The fourth-order valence-corrected chi connectivity index (χ4v) is 3.87. The van der Waals surface area contributed by atoms with Gasteiger partial charge in [-0.2, -0.15) is 18.3 Å². The van der Waals surface area contributed by atoms with Gasteiger partial charge in [0.2, 0.25) is 5.13 Å². The minimum absolute atomic E-state index is 0.166. The number of carbonyl (C=O) groups is 1. The first-order valence-corrected chi connectivity index (χ1v) is 9.72. The summed E-state index contributed by atoms with van der Waals surface area (Å²) < 4.78 is 69.2. The van der Waals surface area contributed by atoms with E-state index in [1.165, 1.54) is 22.2 Å². The van der Waals surface area contributed by atoms with Gasteiger partial charge in [0.15, 0.2) is 0 Å². The van der Waals surface area contributed by atoms with Crippen molar-refractivity contribution in [2.24, 2.45) is 0 Å². The van der Waals surface area contributed by atoms with Crippen LogP contribution in [0.25, 0.3) is 15.3 Å². The Hall–Kier alpha value is -3.34. The minimum atomic E-state index is -4.76. The van der Waals surface area contributed by atoms with Crippen LogP contribution in [0.2, 0.25) is 0 Å². The number of benzene rings is 2. The summed E-state index contributed by atoms with van der Waals surface area (Å²) in [6.07, 6.45) is -2.43. The lowest BCUT2D eigenvalue weighted by Crippen LogP contribution is -2.38. The molecule has 0 saturated heterocycles. The first-order valence-electron chi connectivity index (χ1n) is 8.91. The third kappa shape index (κ3) is 4.55. The van der Waals surface area contributed by atoms with Crippen molar-refractivity contribution in [3.05, 3.63) is 77.6 Å². The molecule has 0 aliphatic heterocycles. The van der Waals surface area contributed by atoms with Crippen LogP contribution in [-0.4, -0.2) is 38.3 Å². The van der Waals surface area contributed by atoms with Gasteiger partial charge in [0, 0.05) is 11.8 Å². The van der Waals surface area contributed by atoms with Crippen molar-refractivity contribution in [3.63, 3.8) is 0 Å². The maximum absolute atomic E-state index is 14.0. The highest BCUT2D eigenvalue weighted by Gasteiger charge is 2.34. The Morgan fingerprint density at radius 1 is 1.06 bits per heavy atom. The summed E-state index contributed by atoms with van der Waals surface area (Å²) in [6.45, 7) is -2.56. The molecule has 0 fully saturated rings. The molecule has 0 bridgehead atoms. The molecule has 160 valence electrons. The van der Waals surface area contributed by atoms with Crippen LogP contribution in [0, 0.1) is 11.6 Å². The largest absolute Gasteiger partial charge is 0.406 e. The molecule has 0 aliphatic rings. The predicted octanol–water partition coefficient (Wildman–Crippen LogP) is 4.96. The number of para-hydroxylation sites is 1. The predicted molar refractivity (Wildman–Crippen MR) is 104 cm³/mol. The quantitative estimate of drug-likeness (QED) is 0.402. The van der Waals surface area contributed by atoms with Gasteiger partial charge in [0.1, 0.15) is 18.2 Å². The Labute approximate surface area is 176 Å². The standard InChI is InChI=1S/C20H13F5N4OS/c21-14-4-3-5-15(22)13(14)10-28(11-20(23,24)25)18(30)12-8-26-29(9-12)19-27-16-6-1-2-7-17(16)31-19/h1-9H,10-11H2. The molecule has 2 aromatic heterocycles. The molecule has 31 heavy (non-hydrogen) atoms. The van der Waals surface area contributed by atoms with Gasteiger partial charge in [0.25, 0.3) is 5.91 Å². The number of nitrogens with zero attached hydrogens (tertiary/aromatic N) is 4. The van der Waals surface area contributed by atoms with Gasteiger partial charge in [-0.15, -0.1) is 0 Å². The summed E-state index contributed by atoms with van der Waals surface area (Å²) in [4.78, 5) is 17.5. The molecule has 4 aromatic rings. The third-order valence-corrected chi connectivity index (χ3v) is 5.40. The Balaban J connectivity index is 1.64. The fourth-order valence-electron chi connectivity index (χ4n) is 2.97. The number of aromatic nitrogens is 3. The average molecular weight is 452 g/mol. The summed E-state index contributed by atoms with van der Waals surface area (Å²) in [7, 11) is 0. The maximum atomic E-state index is 14.0. The molecule has 2 aromatic carbocycles. The SMILES string of the molecule is O=C(c1cnn(-c2nc3ccccc3s2)c1)N(Cc1c(F)cccc1F)CC(F)(F)F. The average Bonchev–Trinajstić information content (AvgIpc) is 3.35. The van der Waals surface area contributed by atoms with E-state index < -0.39 is 42.4 Å². The topological polar surface area (TPSA) is 51.0 Å². The van der Waals surface area contributed by atoms with Crippen molar-refractivity contribution in [1.82, 2.24) is 19.7 Å². The van der Waals surface area contributed by atoms with Gasteiger partial charge in [-0.3, -0.25) is 4.79 Å². The van der Waals surface area contributed by atoms with Crippen LogP contribution < -0.4 is 0 Å². The summed E-state index contributed by atoms with van der Waals surface area (Å²) in [5, 5.41) is 4.43. The van der Waals surface area contributed by atoms with Crippen molar-refractivity contribution < 1.29 is 26.7 Å². The molecule has 0 saturated carbocycles. The summed E-state index contributed by atoms with van der Waals surface area (Å²) >= 11 is 1.29. The highest BCUT2D eigenvalue weighted by atomic mass is 32.1. The Kier molecular flexibility index (Phi) is 5.44. The molecule has 0 unspecified atom stereocenters. The molecule has 0 aliphatic carbocycles. The second-order valence-electron chi connectivity index (χ2n) is 6.61. The number of rotatable bonds is 5. The number of hydrogen-bond donors (Lipinski definition) is 0. The number of hydrogen-bond acceptors (Lipinski definition) is 4. The van der Waals surface area contributed by atoms with Gasteiger partial charge in [-0.05, 0) is 24.3 Å². The lowest BCUT2D eigenvalue weighted by atomic mass is 10.1. The molecule has 0 N–H and O–H groups in total. The highest BCUT2D eigenvalue weighted by molar-refractivity contribution is 7.20. The molecule has 0 radical (unpaired) electrons. The summed E-state index contributed by atoms with van der Waals surface area (Å²) in [6, 6.07) is 10.2. The molecule has 2 heterocycles. The first kappa shape index (κ1) is 20.9. The van der Waals surface area contributed by atoms with Gasteiger partial charge < -0.3 is 4.90 Å².